The van der Waals surface area contributed by atoms with Gasteiger partial charge in [0.05, 0.1) is 0 Å². The van der Waals surface area contributed by atoms with Crippen LogP contribution in [0.15, 0.2) is 17.5 Å². The van der Waals surface area contributed by atoms with E-state index in [-0.39, 0.29) is 11.3 Å². The number of rotatable bonds is 6. The summed E-state index contributed by atoms with van der Waals surface area (Å²) >= 11 is 1.76. The predicted octanol–water partition coefficient (Wildman–Crippen LogP) is 3.05. The summed E-state index contributed by atoms with van der Waals surface area (Å²) in [5.74, 6) is 0.258. The number of carbonyl (C=O) groups is 1. The summed E-state index contributed by atoms with van der Waals surface area (Å²) < 4.78 is 0. The molecule has 0 radical (unpaired) electrons. The van der Waals surface area contributed by atoms with Gasteiger partial charge in [0, 0.05) is 24.9 Å². The van der Waals surface area contributed by atoms with Gasteiger partial charge in [-0.2, -0.15) is 0 Å². The van der Waals surface area contributed by atoms with Gasteiger partial charge in [0.15, 0.2) is 0 Å². The molecular weight excluding hydrogens is 268 g/mol. The van der Waals surface area contributed by atoms with E-state index in [1.807, 2.05) is 11.9 Å². The van der Waals surface area contributed by atoms with Crippen molar-refractivity contribution in [2.24, 2.45) is 11.1 Å². The molecule has 3 nitrogen and oxygen atoms in total. The Morgan fingerprint density at radius 1 is 1.40 bits per heavy atom. The summed E-state index contributed by atoms with van der Waals surface area (Å²) in [6.07, 6.45) is 7.57. The van der Waals surface area contributed by atoms with Crippen molar-refractivity contribution in [1.82, 2.24) is 4.90 Å². The molecule has 0 spiro atoms. The molecule has 0 aromatic carbocycles. The minimum atomic E-state index is 0.0759. The lowest BCUT2D eigenvalue weighted by molar-refractivity contribution is -0.132. The third-order valence-corrected chi connectivity index (χ3v) is 5.51. The number of nitrogens with zero attached hydrogens (tertiary/aromatic N) is 1. The van der Waals surface area contributed by atoms with Crippen LogP contribution in [-0.4, -0.2) is 30.9 Å². The van der Waals surface area contributed by atoms with Crippen molar-refractivity contribution in [2.45, 2.75) is 44.9 Å². The van der Waals surface area contributed by atoms with E-state index in [1.54, 1.807) is 11.3 Å². The second kappa shape index (κ2) is 7.23. The lowest BCUT2D eigenvalue weighted by atomic mass is 9.71. The van der Waals surface area contributed by atoms with E-state index in [4.69, 9.17) is 5.73 Å². The first-order valence-electron chi connectivity index (χ1n) is 7.62. The van der Waals surface area contributed by atoms with Gasteiger partial charge in [-0.1, -0.05) is 25.3 Å². The molecule has 0 bridgehead atoms. The Hall–Kier alpha value is -0.870. The van der Waals surface area contributed by atoms with Crippen molar-refractivity contribution in [3.05, 3.63) is 22.4 Å². The van der Waals surface area contributed by atoms with Crippen LogP contribution in [0.4, 0.5) is 0 Å². The summed E-state index contributed by atoms with van der Waals surface area (Å²) in [6.45, 7) is 1.46. The van der Waals surface area contributed by atoms with E-state index >= 15 is 0 Å². The molecule has 2 rings (SSSR count). The smallest absolute Gasteiger partial charge is 0.222 e. The zero-order valence-corrected chi connectivity index (χ0v) is 13.3. The topological polar surface area (TPSA) is 46.3 Å². The highest BCUT2D eigenvalue weighted by atomic mass is 32.1. The lowest BCUT2D eigenvalue weighted by Gasteiger charge is -2.36. The van der Waals surface area contributed by atoms with Gasteiger partial charge >= 0.3 is 0 Å². The van der Waals surface area contributed by atoms with E-state index in [1.165, 1.54) is 24.1 Å². The zero-order valence-electron chi connectivity index (χ0n) is 12.4. The fourth-order valence-corrected chi connectivity index (χ4v) is 3.77. The van der Waals surface area contributed by atoms with Gasteiger partial charge in [0.2, 0.25) is 5.91 Å². The van der Waals surface area contributed by atoms with Crippen molar-refractivity contribution in [2.75, 3.05) is 20.1 Å². The van der Waals surface area contributed by atoms with E-state index in [0.29, 0.717) is 13.0 Å². The molecule has 1 aliphatic carbocycles. The Morgan fingerprint density at radius 2 is 2.15 bits per heavy atom. The average Bonchev–Trinajstić information content (AvgIpc) is 2.99. The normalized spacial score (nSPS) is 17.9. The monoisotopic (exact) mass is 294 g/mol. The number of hydrogen-bond acceptors (Lipinski definition) is 3. The number of amides is 1. The Kier molecular flexibility index (Phi) is 5.61. The lowest BCUT2D eigenvalue weighted by Crippen LogP contribution is -2.39. The molecular formula is C16H26N2OS. The van der Waals surface area contributed by atoms with Gasteiger partial charge in [-0.05, 0) is 42.7 Å². The second-order valence-corrected chi connectivity index (χ2v) is 7.12. The fraction of sp³-hybridized carbons (Fsp3) is 0.688. The van der Waals surface area contributed by atoms with Crippen LogP contribution in [-0.2, 0) is 11.2 Å². The Balaban J connectivity index is 1.83. The summed E-state index contributed by atoms with van der Waals surface area (Å²) in [7, 11) is 1.92. The molecule has 20 heavy (non-hydrogen) atoms. The van der Waals surface area contributed by atoms with Crippen LogP contribution in [0.2, 0.25) is 0 Å². The Labute approximate surface area is 126 Å². The van der Waals surface area contributed by atoms with Crippen LogP contribution in [0.1, 0.15) is 43.4 Å². The standard InChI is InChI=1S/C16H26N2OS/c1-18(10-7-14-6-5-11-20-14)15(19)12-16(13-17)8-3-2-4-9-16/h5-6,11H,2-4,7-10,12-13,17H2,1H3. The molecule has 0 unspecified atom stereocenters. The molecule has 1 saturated carbocycles. The largest absolute Gasteiger partial charge is 0.345 e. The number of carbonyl (C=O) groups excluding carboxylic acids is 1. The number of thiophene rings is 1. The van der Waals surface area contributed by atoms with Gasteiger partial charge in [-0.15, -0.1) is 11.3 Å². The average molecular weight is 294 g/mol. The Morgan fingerprint density at radius 3 is 2.75 bits per heavy atom. The van der Waals surface area contributed by atoms with Gasteiger partial charge in [-0.3, -0.25) is 4.79 Å². The molecule has 0 aliphatic heterocycles. The van der Waals surface area contributed by atoms with Crippen LogP contribution in [0.3, 0.4) is 0 Å². The maximum absolute atomic E-state index is 12.4. The van der Waals surface area contributed by atoms with E-state index < -0.39 is 0 Å². The van der Waals surface area contributed by atoms with Gasteiger partial charge < -0.3 is 10.6 Å². The minimum absolute atomic E-state index is 0.0759. The molecule has 1 aromatic rings. The maximum atomic E-state index is 12.4. The van der Waals surface area contributed by atoms with Crippen LogP contribution >= 0.6 is 11.3 Å². The van der Waals surface area contributed by atoms with Gasteiger partial charge in [0.1, 0.15) is 0 Å². The molecule has 0 saturated heterocycles. The Bertz CT molecular complexity index is 410. The van der Waals surface area contributed by atoms with Crippen molar-refractivity contribution >= 4 is 17.2 Å². The summed E-state index contributed by atoms with van der Waals surface area (Å²) in [6, 6.07) is 4.19. The quantitative estimate of drug-likeness (QED) is 0.876. The molecule has 1 aromatic heterocycles. The highest BCUT2D eigenvalue weighted by Crippen LogP contribution is 2.38. The summed E-state index contributed by atoms with van der Waals surface area (Å²) in [5, 5.41) is 2.09. The number of nitrogens with two attached hydrogens (primary N) is 1. The van der Waals surface area contributed by atoms with Crippen molar-refractivity contribution < 1.29 is 4.79 Å². The third-order valence-electron chi connectivity index (χ3n) is 4.57. The third kappa shape index (κ3) is 4.06. The molecule has 1 fully saturated rings. The summed E-state index contributed by atoms with van der Waals surface area (Å²) in [5.41, 5.74) is 6.04. The fourth-order valence-electron chi connectivity index (χ4n) is 3.07. The zero-order chi connectivity index (χ0) is 14.4. The molecule has 1 aliphatic rings. The second-order valence-electron chi connectivity index (χ2n) is 6.09. The summed E-state index contributed by atoms with van der Waals surface area (Å²) in [4.78, 5) is 15.6. The van der Waals surface area contributed by atoms with Crippen molar-refractivity contribution in [1.29, 1.82) is 0 Å². The van der Waals surface area contributed by atoms with Crippen LogP contribution in [0.25, 0.3) is 0 Å². The van der Waals surface area contributed by atoms with Gasteiger partial charge in [-0.25, -0.2) is 0 Å². The minimum Gasteiger partial charge on any atom is -0.345 e. The van der Waals surface area contributed by atoms with E-state index in [9.17, 15) is 4.79 Å². The van der Waals surface area contributed by atoms with Crippen LogP contribution in [0.5, 0.6) is 0 Å². The van der Waals surface area contributed by atoms with Crippen molar-refractivity contribution in [3.8, 4) is 0 Å². The number of hydrogen-bond donors (Lipinski definition) is 1. The van der Waals surface area contributed by atoms with Crippen molar-refractivity contribution in [3.63, 3.8) is 0 Å². The molecule has 1 heterocycles. The first-order valence-corrected chi connectivity index (χ1v) is 8.50. The van der Waals surface area contributed by atoms with Crippen LogP contribution in [0, 0.1) is 5.41 Å². The molecule has 4 heteroatoms. The predicted molar refractivity (Wildman–Crippen MR) is 84.8 cm³/mol. The molecule has 0 atom stereocenters. The van der Waals surface area contributed by atoms with E-state index in [0.717, 1.165) is 25.8 Å². The van der Waals surface area contributed by atoms with Crippen LogP contribution < -0.4 is 5.73 Å². The van der Waals surface area contributed by atoms with E-state index in [2.05, 4.69) is 17.5 Å². The SMILES string of the molecule is CN(CCc1cccs1)C(=O)CC1(CN)CCCCC1. The first-order chi connectivity index (χ1) is 9.65. The molecule has 2 N–H and O–H groups in total. The highest BCUT2D eigenvalue weighted by Gasteiger charge is 2.33. The first kappa shape index (κ1) is 15.5. The molecule has 1 amide bonds. The highest BCUT2D eigenvalue weighted by molar-refractivity contribution is 7.09. The maximum Gasteiger partial charge on any atom is 0.222 e. The number of likely N-dealkylation sites (N-methyl/N-ethyl adjacent to an activating group) is 1. The molecule has 112 valence electrons. The van der Waals surface area contributed by atoms with Gasteiger partial charge in [0.25, 0.3) is 0 Å².